The first kappa shape index (κ1) is 97.3. The molecule has 121 heavy (non-hydrogen) atoms. The van der Waals surface area contributed by atoms with Crippen LogP contribution in [0, 0.1) is 0 Å². The van der Waals surface area contributed by atoms with E-state index in [0.717, 1.165) is 22.5 Å². The number of carbonyl (C=O) groups excluding carboxylic acids is 15. The van der Waals surface area contributed by atoms with Crippen molar-refractivity contribution < 1.29 is 143 Å². The molecule has 0 spiro atoms. The van der Waals surface area contributed by atoms with Crippen molar-refractivity contribution in [1.82, 2.24) is 68.7 Å². The number of carboxylic acid groups (broad SMARTS) is 1. The van der Waals surface area contributed by atoms with Crippen LogP contribution >= 0.6 is 31.9 Å². The van der Waals surface area contributed by atoms with Crippen molar-refractivity contribution in [3.8, 4) is 0 Å². The molecular weight excluding hydrogens is 1730 g/mol. The second kappa shape index (κ2) is 46.3. The minimum absolute atomic E-state index is 0.314. The number of halogens is 2. The van der Waals surface area contributed by atoms with Crippen LogP contribution < -0.4 is 85.4 Å². The molecule has 1 saturated heterocycles. The first-order valence-corrected chi connectivity index (χ1v) is 39.3. The molecule has 1 fully saturated rings. The molecule has 4 aliphatic rings. The van der Waals surface area contributed by atoms with Gasteiger partial charge in [0.1, 0.15) is 78.8 Å². The minimum Gasteiger partial charge on any atom is -0.548 e. The molecular formula is C75H98Br2N16O28. The van der Waals surface area contributed by atoms with Crippen LogP contribution in [-0.4, -0.2) is 306 Å². The Balaban J connectivity index is 1.42. The lowest BCUT2D eigenvalue weighted by molar-refractivity contribution is -1.07. The molecule has 14 amide bonds. The Morgan fingerprint density at radius 1 is 0.595 bits per heavy atom. The fourth-order valence-electron chi connectivity index (χ4n) is 12.8. The third kappa shape index (κ3) is 29.5. The van der Waals surface area contributed by atoms with Crippen LogP contribution in [0.1, 0.15) is 69.1 Å². The number of carbonyl (C=O) groups is 15. The van der Waals surface area contributed by atoms with E-state index in [2.05, 4.69) is 90.3 Å². The van der Waals surface area contributed by atoms with Gasteiger partial charge < -0.3 is 146 Å². The highest BCUT2D eigenvalue weighted by Crippen LogP contribution is 2.23. The molecule has 4 bridgehead atoms. The minimum atomic E-state index is -2.73. The van der Waals surface area contributed by atoms with E-state index in [-0.39, 0.29) is 5.70 Å². The van der Waals surface area contributed by atoms with Gasteiger partial charge >= 0.3 is 0 Å². The van der Waals surface area contributed by atoms with Crippen molar-refractivity contribution in [3.63, 3.8) is 0 Å². The van der Waals surface area contributed by atoms with Gasteiger partial charge in [-0.05, 0) is 61.2 Å². The van der Waals surface area contributed by atoms with Crippen molar-refractivity contribution in [2.24, 2.45) is 11.5 Å². The number of rotatable bonds is 19. The number of nitrogens with two attached hydrogens (primary N) is 2. The largest absolute Gasteiger partial charge is 0.548 e. The summed E-state index contributed by atoms with van der Waals surface area (Å²) >= 11 is 6.64. The Kier molecular flexibility index (Phi) is 37.2. The highest BCUT2D eigenvalue weighted by atomic mass is 79.9. The zero-order valence-electron chi connectivity index (χ0n) is 64.9. The number of hydrogen-bond acceptors (Lipinski definition) is 29. The number of benzene rings is 3. The molecule has 27 N–H and O–H groups in total. The van der Waals surface area contributed by atoms with Crippen LogP contribution in [0.4, 0.5) is 0 Å². The summed E-state index contributed by atoms with van der Waals surface area (Å²) in [6.07, 6.45) is -20.7. The molecule has 3 aromatic carbocycles. The van der Waals surface area contributed by atoms with E-state index in [0.29, 0.717) is 26.7 Å². The van der Waals surface area contributed by atoms with Gasteiger partial charge in [-0.15, -0.1) is 5.06 Å². The Morgan fingerprint density at radius 3 is 1.75 bits per heavy atom. The molecule has 0 radical (unpaired) electrons. The van der Waals surface area contributed by atoms with Crippen LogP contribution in [0.5, 0.6) is 0 Å². The Bertz CT molecular complexity index is 4300. The van der Waals surface area contributed by atoms with Crippen molar-refractivity contribution in [2.45, 2.75) is 187 Å². The number of nitrogens with zero attached hydrogens (tertiary/aromatic N) is 1. The summed E-state index contributed by atoms with van der Waals surface area (Å²) in [6, 6.07) is -2.59. The second-order valence-electron chi connectivity index (χ2n) is 28.9. The van der Waals surface area contributed by atoms with E-state index < -0.39 is 306 Å². The van der Waals surface area contributed by atoms with Gasteiger partial charge in [0.25, 0.3) is 0 Å². The van der Waals surface area contributed by atoms with Gasteiger partial charge in [-0.25, -0.2) is 0 Å². The lowest BCUT2D eigenvalue weighted by Gasteiger charge is -2.39. The third-order valence-electron chi connectivity index (χ3n) is 19.3. The maximum atomic E-state index is 15.3. The van der Waals surface area contributed by atoms with E-state index >= 15 is 9.59 Å². The lowest BCUT2D eigenvalue weighted by atomic mass is 9.99. The number of hydroxylamine groups is 2. The zero-order chi connectivity index (χ0) is 89.2. The number of hydrogen-bond donors (Lipinski definition) is 25. The van der Waals surface area contributed by atoms with Crippen LogP contribution in [-0.2, 0) is 94.3 Å². The standard InChI is InChI=1S/C75H98Br2N16O28/c1-34(8-9-36-10-14-39(76)15-11-36)20-52(99)43-27-57(103)83-50(30-94)70(114)88-49-29-92-28-41(93(33-92)121-75-63(107)62(106)60(104)53(32-96)120-75)23-46(67(111)90-58(35(2)97)72(116)89-51(31-95)71(115)85-45(66(110)84-43)21-37-6-4-3-5-7-37)81-56(102)25-42(98)24-48(74(118)119)82-55(101)18-19-80-65(109)44(22-38-12-16-40(77)17-13-38)87-73(117)59(61(105)64(79)108)91-68(112)47(26-54(78)100)86-69(49)113/h3-17,20,28,35,42-53,58-63,75,94-99,104-107H,18-19,21-27,29-33H2,1-2H3,(H2,78,100)(H2,79,108)(H,80,109)(H,81,102)(H,82,101)(H,83,103)(H,84,110)(H,85,115)(H,86,113)(H,87,117)(H,88,114)(H,89,116)(H,90,111)(H,91,112)(H,118,119). The number of fused-ring (bicyclic) bond motifs is 2. The van der Waals surface area contributed by atoms with E-state index in [9.17, 15) is 119 Å². The molecule has 21 atom stereocenters. The second-order valence-corrected chi connectivity index (χ2v) is 30.7. The number of carboxylic acids is 1. The third-order valence-corrected chi connectivity index (χ3v) is 20.4. The van der Waals surface area contributed by atoms with Gasteiger partial charge in [-0.1, -0.05) is 110 Å². The summed E-state index contributed by atoms with van der Waals surface area (Å²) in [5.74, 6) is -21.7. The summed E-state index contributed by atoms with van der Waals surface area (Å²) in [5.41, 5.74) is 12.4. The number of primary amides is 2. The average Bonchev–Trinajstić information content (AvgIpc) is 1.61. The van der Waals surface area contributed by atoms with E-state index in [1.54, 1.807) is 54.6 Å². The van der Waals surface area contributed by atoms with Gasteiger partial charge in [0.05, 0.1) is 88.2 Å². The van der Waals surface area contributed by atoms with Crippen molar-refractivity contribution in [1.29, 1.82) is 0 Å². The number of aliphatic carboxylic acids is 1. The summed E-state index contributed by atoms with van der Waals surface area (Å²) < 4.78 is 6.94. The molecule has 0 aliphatic carbocycles. The molecule has 21 unspecified atom stereocenters. The molecule has 7 rings (SSSR count). The van der Waals surface area contributed by atoms with Crippen LogP contribution in [0.25, 0.3) is 6.08 Å². The Labute approximate surface area is 706 Å². The molecule has 3 aromatic rings. The zero-order valence-corrected chi connectivity index (χ0v) is 68.1. The fraction of sp³-hybridized carbons (Fsp3) is 0.480. The fourth-order valence-corrected chi connectivity index (χ4v) is 13.3. The lowest BCUT2D eigenvalue weighted by Crippen LogP contribution is -3.10. The summed E-state index contributed by atoms with van der Waals surface area (Å²) in [6.45, 7) is -3.68. The van der Waals surface area contributed by atoms with Gasteiger partial charge in [0.2, 0.25) is 89.0 Å². The number of amides is 14. The van der Waals surface area contributed by atoms with Crippen molar-refractivity contribution in [3.05, 3.63) is 134 Å². The SMILES string of the molecule is CC(C=Cc1ccc(Br)cc1)=CC(O)C1CC(=O)NC(CO)C(=O)NC2CN3C=C(CC(NC(=O)CC(O)CC(C(=O)[O-])NC(=O)CCNC(=O)C(Cc4ccc(Br)cc4)NC(=O)C(C(O)C(N)=O)NC(=O)C(CC(N)=O)NC2=O)C(=O)NC(C(C)O)C(=O)NC(CO)C(=O)NC(Cc2ccccc2)C(=O)N1)[NH+](OC1OC(CO)C(O)C(O)C1O)C3. The molecule has 0 saturated carbocycles. The number of quaternary nitrogens is 1. The summed E-state index contributed by atoms with van der Waals surface area (Å²) in [7, 11) is 0. The molecule has 4 aliphatic heterocycles. The summed E-state index contributed by atoms with van der Waals surface area (Å²) in [5, 5.41) is 150. The maximum absolute atomic E-state index is 15.3. The van der Waals surface area contributed by atoms with Gasteiger partial charge in [0, 0.05) is 41.2 Å². The topological polar surface area (TPSA) is 704 Å². The number of nitrogens with one attached hydrogen (secondary N) is 13. The smallest absolute Gasteiger partial charge is 0.248 e. The number of allylic oxidation sites excluding steroid dienone is 2. The highest BCUT2D eigenvalue weighted by molar-refractivity contribution is 9.10. The molecule has 46 heteroatoms. The van der Waals surface area contributed by atoms with Gasteiger partial charge in [-0.2, -0.15) is 4.84 Å². The van der Waals surface area contributed by atoms with Crippen molar-refractivity contribution >= 4 is 127 Å². The predicted molar refractivity (Wildman–Crippen MR) is 420 cm³/mol. The Morgan fingerprint density at radius 2 is 1.14 bits per heavy atom. The van der Waals surface area contributed by atoms with Crippen LogP contribution in [0.3, 0.4) is 0 Å². The highest BCUT2D eigenvalue weighted by Gasteiger charge is 2.49. The molecule has 44 nitrogen and oxygen atoms in total. The first-order valence-electron chi connectivity index (χ1n) is 37.7. The number of ether oxygens (including phenoxy) is 1. The van der Waals surface area contributed by atoms with E-state index in [4.69, 9.17) is 21.0 Å². The van der Waals surface area contributed by atoms with E-state index in [1.807, 2.05) is 5.32 Å². The van der Waals surface area contributed by atoms with Gasteiger partial charge in [0.15, 0.2) is 18.5 Å². The van der Waals surface area contributed by atoms with Crippen LogP contribution in [0.15, 0.2) is 117 Å². The van der Waals surface area contributed by atoms with E-state index in [1.165, 1.54) is 49.4 Å². The monoisotopic (exact) mass is 1830 g/mol. The van der Waals surface area contributed by atoms with Crippen molar-refractivity contribution in [2.75, 3.05) is 39.6 Å². The maximum Gasteiger partial charge on any atom is 0.248 e. The summed E-state index contributed by atoms with van der Waals surface area (Å²) in [4.78, 5) is 221. The molecule has 0 aromatic heterocycles. The number of aliphatic hydroxyl groups is 10. The van der Waals surface area contributed by atoms with Gasteiger partial charge in [-0.3, -0.25) is 67.1 Å². The Hall–Kier alpha value is -10.8. The van der Waals surface area contributed by atoms with Crippen LogP contribution in [0.2, 0.25) is 0 Å². The molecule has 4 heterocycles. The predicted octanol–water partition coefficient (Wildman–Crippen LogP) is -12.6. The number of aliphatic hydroxyl groups excluding tert-OH is 10. The molecule has 660 valence electrons. The average molecular weight is 1830 g/mol. The quantitative estimate of drug-likeness (QED) is 0.0496. The first-order chi connectivity index (χ1) is 57.2. The normalized spacial score (nSPS) is 29.2.